The number of nitrogens with zero attached hydrogens (tertiary/aromatic N) is 3. The molecule has 1 amide bonds. The lowest BCUT2D eigenvalue weighted by molar-refractivity contribution is -0.389. The summed E-state index contributed by atoms with van der Waals surface area (Å²) in [6.45, 7) is 1.78. The molecule has 0 saturated heterocycles. The lowest BCUT2D eigenvalue weighted by Gasteiger charge is -2.55. The average Bonchev–Trinajstić information content (AvgIpc) is 3.38. The first-order chi connectivity index (χ1) is 15.2. The summed E-state index contributed by atoms with van der Waals surface area (Å²) in [7, 11) is 0. The summed E-state index contributed by atoms with van der Waals surface area (Å²) in [6, 6.07) is 4.46. The number of nitro groups is 2. The second kappa shape index (κ2) is 7.73. The van der Waals surface area contributed by atoms with Crippen LogP contribution in [0, 0.1) is 43.4 Å². The van der Waals surface area contributed by atoms with E-state index < -0.39 is 9.85 Å². The van der Waals surface area contributed by atoms with E-state index in [1.165, 1.54) is 30.6 Å². The van der Waals surface area contributed by atoms with Gasteiger partial charge in [0, 0.05) is 0 Å². The smallest absolute Gasteiger partial charge is 0.273 e. The molecule has 4 fully saturated rings. The fourth-order valence-corrected chi connectivity index (χ4v) is 8.13. The number of rotatable bonds is 6. The van der Waals surface area contributed by atoms with Crippen LogP contribution >= 0.6 is 22.7 Å². The van der Waals surface area contributed by atoms with E-state index in [4.69, 9.17) is 0 Å². The molecule has 0 atom stereocenters. The van der Waals surface area contributed by atoms with Crippen molar-refractivity contribution < 1.29 is 14.6 Å². The Morgan fingerprint density at radius 3 is 2.25 bits per heavy atom. The zero-order valence-electron chi connectivity index (χ0n) is 17.4. The summed E-state index contributed by atoms with van der Waals surface area (Å²) in [4.78, 5) is 35.8. The molecule has 11 heteroatoms. The van der Waals surface area contributed by atoms with Crippen LogP contribution in [0.2, 0.25) is 0 Å². The second-order valence-electron chi connectivity index (χ2n) is 9.31. The fraction of sp³-hybridized carbons (Fsp3) is 0.524. The highest BCUT2D eigenvalue weighted by Crippen LogP contribution is 2.60. The molecule has 2 aromatic rings. The highest BCUT2D eigenvalue weighted by molar-refractivity contribution is 7.25. The van der Waals surface area contributed by atoms with E-state index in [0.717, 1.165) is 41.5 Å². The van der Waals surface area contributed by atoms with E-state index in [0.29, 0.717) is 28.3 Å². The Morgan fingerprint density at radius 1 is 1.06 bits per heavy atom. The van der Waals surface area contributed by atoms with Crippen molar-refractivity contribution in [2.45, 2.75) is 45.4 Å². The summed E-state index contributed by atoms with van der Waals surface area (Å²) < 4.78 is 0. The van der Waals surface area contributed by atoms with Crippen molar-refractivity contribution in [1.29, 1.82) is 0 Å². The highest BCUT2D eigenvalue weighted by Gasteiger charge is 2.54. The third kappa shape index (κ3) is 3.62. The third-order valence-electron chi connectivity index (χ3n) is 7.11. The molecule has 4 aliphatic rings. The molecule has 6 rings (SSSR count). The maximum atomic E-state index is 13.1. The molecule has 9 nitrogen and oxygen atoms in total. The molecule has 2 heterocycles. The van der Waals surface area contributed by atoms with Crippen LogP contribution in [0.1, 0.15) is 50.3 Å². The number of hydrazone groups is 1. The molecule has 0 aliphatic heterocycles. The Hall–Kier alpha value is -2.66. The quantitative estimate of drug-likeness (QED) is 0.343. The van der Waals surface area contributed by atoms with Crippen LogP contribution in [0.5, 0.6) is 0 Å². The standard InChI is InChI=1S/C21H22N4O5S2/c1-11(22-23-20(26)21-8-12-4-13(9-21)6-14(5-12)10-21)16-2-3-17(31-16)19-15(24(27)28)7-18(32-19)25(29)30/h2-3,7,12-14H,4-6,8-10H2,1H3,(H,23,26). The first-order valence-electron chi connectivity index (χ1n) is 10.6. The lowest BCUT2D eigenvalue weighted by atomic mass is 9.49. The minimum Gasteiger partial charge on any atom is -0.273 e. The average molecular weight is 475 g/mol. The Bertz CT molecular complexity index is 1120. The van der Waals surface area contributed by atoms with E-state index in [-0.39, 0.29) is 26.9 Å². The Labute approximate surface area is 191 Å². The predicted octanol–water partition coefficient (Wildman–Crippen LogP) is 5.35. The molecule has 4 aliphatic carbocycles. The zero-order valence-corrected chi connectivity index (χ0v) is 19.0. The van der Waals surface area contributed by atoms with Gasteiger partial charge in [-0.3, -0.25) is 25.0 Å². The van der Waals surface area contributed by atoms with Crippen LogP contribution in [0.15, 0.2) is 23.3 Å². The van der Waals surface area contributed by atoms with E-state index in [2.05, 4.69) is 10.5 Å². The van der Waals surface area contributed by atoms with Gasteiger partial charge in [0.05, 0.1) is 30.7 Å². The van der Waals surface area contributed by atoms with Crippen LogP contribution < -0.4 is 5.43 Å². The second-order valence-corrected chi connectivity index (χ2v) is 11.4. The Morgan fingerprint density at radius 2 is 1.69 bits per heavy atom. The number of amides is 1. The van der Waals surface area contributed by atoms with Gasteiger partial charge in [-0.1, -0.05) is 11.3 Å². The molecule has 0 unspecified atom stereocenters. The van der Waals surface area contributed by atoms with Gasteiger partial charge in [-0.15, -0.1) is 11.3 Å². The van der Waals surface area contributed by atoms with Crippen LogP contribution in [-0.2, 0) is 4.79 Å². The highest BCUT2D eigenvalue weighted by atomic mass is 32.1. The first-order valence-corrected chi connectivity index (χ1v) is 12.3. The van der Waals surface area contributed by atoms with Gasteiger partial charge in [-0.25, -0.2) is 5.43 Å². The van der Waals surface area contributed by atoms with Gasteiger partial charge >= 0.3 is 5.00 Å². The summed E-state index contributed by atoms with van der Waals surface area (Å²) in [6.07, 6.45) is 6.68. The number of nitrogens with one attached hydrogen (secondary N) is 1. The van der Waals surface area contributed by atoms with Crippen molar-refractivity contribution in [1.82, 2.24) is 5.43 Å². The molecular formula is C21H22N4O5S2. The normalized spacial score (nSPS) is 28.7. The van der Waals surface area contributed by atoms with Gasteiger partial charge in [-0.2, -0.15) is 5.10 Å². The first kappa shape index (κ1) is 21.2. The number of carbonyl (C=O) groups excluding carboxylic acids is 1. The summed E-state index contributed by atoms with van der Waals surface area (Å²) in [5.74, 6) is 2.02. The van der Waals surface area contributed by atoms with Crippen LogP contribution in [-0.4, -0.2) is 21.5 Å². The van der Waals surface area contributed by atoms with E-state index in [1.54, 1.807) is 19.1 Å². The molecule has 0 aromatic carbocycles. The SMILES string of the molecule is CC(=NNC(=O)C12CC3CC(CC(C3)C1)C2)c1ccc(-c2sc([N+](=O)[O-])cc2[N+](=O)[O-])s1. The molecule has 0 spiro atoms. The maximum Gasteiger partial charge on any atom is 0.331 e. The summed E-state index contributed by atoms with van der Waals surface area (Å²) in [5.41, 5.74) is 2.84. The fourth-order valence-electron chi connectivity index (χ4n) is 6.12. The zero-order chi connectivity index (χ0) is 22.6. The lowest BCUT2D eigenvalue weighted by Crippen LogP contribution is -2.52. The number of carbonyl (C=O) groups is 1. The molecule has 4 saturated carbocycles. The topological polar surface area (TPSA) is 128 Å². The van der Waals surface area contributed by atoms with Crippen LogP contribution in [0.4, 0.5) is 10.7 Å². The van der Waals surface area contributed by atoms with E-state index in [9.17, 15) is 25.0 Å². The number of hydrogen-bond acceptors (Lipinski definition) is 8. The monoisotopic (exact) mass is 474 g/mol. The minimum atomic E-state index is -0.623. The van der Waals surface area contributed by atoms with Crippen molar-refractivity contribution in [2.24, 2.45) is 28.3 Å². The minimum absolute atomic E-state index is 0.0113. The van der Waals surface area contributed by atoms with Crippen molar-refractivity contribution in [3.63, 3.8) is 0 Å². The van der Waals surface area contributed by atoms with Gasteiger partial charge in [0.2, 0.25) is 5.91 Å². The molecule has 32 heavy (non-hydrogen) atoms. The predicted molar refractivity (Wildman–Crippen MR) is 122 cm³/mol. The van der Waals surface area contributed by atoms with Gasteiger partial charge < -0.3 is 0 Å². The van der Waals surface area contributed by atoms with E-state index in [1.807, 2.05) is 0 Å². The Kier molecular flexibility index (Phi) is 5.12. The summed E-state index contributed by atoms with van der Waals surface area (Å²) in [5, 5.41) is 26.5. The van der Waals surface area contributed by atoms with Gasteiger partial charge in [0.1, 0.15) is 10.9 Å². The molecule has 4 bridgehead atoms. The van der Waals surface area contributed by atoms with Crippen molar-refractivity contribution >= 4 is 45.0 Å². The molecule has 0 radical (unpaired) electrons. The molecular weight excluding hydrogens is 452 g/mol. The summed E-state index contributed by atoms with van der Waals surface area (Å²) >= 11 is 2.05. The van der Waals surface area contributed by atoms with Crippen molar-refractivity contribution in [3.05, 3.63) is 43.3 Å². The Balaban J connectivity index is 1.33. The molecule has 2 aromatic heterocycles. The molecule has 168 valence electrons. The maximum absolute atomic E-state index is 13.1. The third-order valence-corrected chi connectivity index (χ3v) is 9.56. The molecule has 1 N–H and O–H groups in total. The number of hydrogen-bond donors (Lipinski definition) is 1. The van der Waals surface area contributed by atoms with Crippen LogP contribution in [0.25, 0.3) is 9.75 Å². The van der Waals surface area contributed by atoms with Gasteiger partial charge in [0.15, 0.2) is 0 Å². The van der Waals surface area contributed by atoms with Crippen LogP contribution in [0.3, 0.4) is 0 Å². The van der Waals surface area contributed by atoms with E-state index >= 15 is 0 Å². The van der Waals surface area contributed by atoms with Crippen molar-refractivity contribution in [3.8, 4) is 9.75 Å². The van der Waals surface area contributed by atoms with Crippen molar-refractivity contribution in [2.75, 3.05) is 0 Å². The van der Waals surface area contributed by atoms with Gasteiger partial charge in [0.25, 0.3) is 5.69 Å². The van der Waals surface area contributed by atoms with Gasteiger partial charge in [-0.05, 0) is 75.3 Å². The largest absolute Gasteiger partial charge is 0.331 e. The number of thiophene rings is 2.